The topological polar surface area (TPSA) is 114 Å². The fourth-order valence-electron chi connectivity index (χ4n) is 4.99. The van der Waals surface area contributed by atoms with Crippen LogP contribution >= 0.6 is 0 Å². The summed E-state index contributed by atoms with van der Waals surface area (Å²) in [7, 11) is 0. The predicted molar refractivity (Wildman–Crippen MR) is 161 cm³/mol. The van der Waals surface area contributed by atoms with E-state index in [4.69, 9.17) is 15.7 Å². The summed E-state index contributed by atoms with van der Waals surface area (Å²) in [6, 6.07) is 23.9. The molecule has 0 atom stereocenters. The van der Waals surface area contributed by atoms with E-state index in [-0.39, 0.29) is 13.3 Å². The van der Waals surface area contributed by atoms with Gasteiger partial charge in [0.1, 0.15) is 11.3 Å². The largest absolute Gasteiger partial charge is 0.383 e. The summed E-state index contributed by atoms with van der Waals surface area (Å²) >= 11 is 0. The van der Waals surface area contributed by atoms with Crippen LogP contribution in [0.5, 0.6) is 0 Å². The minimum atomic E-state index is -0.118. The number of aromatic nitrogens is 4. The van der Waals surface area contributed by atoms with Crippen molar-refractivity contribution in [3.8, 4) is 28.3 Å². The number of hydrogen-bond acceptors (Lipinski definition) is 7. The molecule has 216 valence electrons. The SMILES string of the molecule is CC(=O)Nc1cccc(-c2ccc3nc(-c4cccnc4N)n(-c4ccc(CN5CCNCC5)cc4)c3n2)c1.[CH3-].[Fm]. The van der Waals surface area contributed by atoms with E-state index in [2.05, 4.69) is 44.8 Å². The molecule has 41 heavy (non-hydrogen) atoms. The van der Waals surface area contributed by atoms with Crippen molar-refractivity contribution >= 4 is 28.6 Å². The Hall–Kier alpha value is -5.60. The molecule has 0 unspecified atom stereocenters. The first-order valence-corrected chi connectivity index (χ1v) is 13.1. The number of imidazole rings is 1. The van der Waals surface area contributed by atoms with E-state index < -0.39 is 0 Å². The Bertz CT molecular complexity index is 1640. The molecule has 1 aliphatic rings. The molecule has 4 N–H and O–H groups in total. The maximum atomic E-state index is 11.6. The number of fused-ring (bicyclic) bond motifs is 1. The molecular formula is C31H33FmN8O-. The van der Waals surface area contributed by atoms with Gasteiger partial charge in [0.25, 0.3) is 0 Å². The average Bonchev–Trinajstić information content (AvgIpc) is 3.33. The Morgan fingerprint density at radius 3 is 2.51 bits per heavy atom. The molecule has 9 nitrogen and oxygen atoms in total. The number of nitrogens with one attached hydrogen (secondary N) is 2. The van der Waals surface area contributed by atoms with Gasteiger partial charge in [-0.1, -0.05) is 24.3 Å². The molecule has 5 aromatic rings. The van der Waals surface area contributed by atoms with Gasteiger partial charge >= 0.3 is 0 Å². The maximum Gasteiger partial charge on any atom is 0.221 e. The first kappa shape index (κ1) is 28.4. The third-order valence-electron chi connectivity index (χ3n) is 6.87. The monoisotopic (exact) mass is 790 g/mol. The van der Waals surface area contributed by atoms with Crippen molar-refractivity contribution in [1.29, 1.82) is 0 Å². The van der Waals surface area contributed by atoms with E-state index in [0.717, 1.165) is 66.4 Å². The van der Waals surface area contributed by atoms with E-state index in [1.807, 2.05) is 53.1 Å². The number of nitrogens with two attached hydrogens (primary N) is 1. The normalized spacial score (nSPS) is 13.3. The molecule has 1 fully saturated rings. The zero-order chi connectivity index (χ0) is 26.8. The van der Waals surface area contributed by atoms with Crippen LogP contribution in [0.25, 0.3) is 39.5 Å². The zero-order valence-corrected chi connectivity index (χ0v) is 25.5. The van der Waals surface area contributed by atoms with Crippen LogP contribution in [-0.4, -0.2) is 56.5 Å². The van der Waals surface area contributed by atoms with Gasteiger partial charge in [-0.2, -0.15) is 0 Å². The molecule has 2 aromatic carbocycles. The van der Waals surface area contributed by atoms with Gasteiger partial charge in [0.2, 0.25) is 5.91 Å². The van der Waals surface area contributed by atoms with Crippen LogP contribution in [0.4, 0.5) is 11.5 Å². The number of benzene rings is 2. The molecule has 1 aliphatic heterocycles. The maximum absolute atomic E-state index is 11.6. The minimum Gasteiger partial charge on any atom is -0.383 e. The molecule has 6 rings (SSSR count). The molecule has 0 radical (unpaired) electrons. The van der Waals surface area contributed by atoms with Gasteiger partial charge < -0.3 is 23.8 Å². The van der Waals surface area contributed by atoms with Crippen molar-refractivity contribution in [2.45, 2.75) is 13.5 Å². The number of rotatable bonds is 6. The van der Waals surface area contributed by atoms with Crippen LogP contribution in [-0.2, 0) is 11.3 Å². The standard InChI is InChI=1S/C30H30N8O.CH3.Fm/c1-20(39)34-23-5-2-4-22(18-23)26-11-12-27-30(35-26)38(29(36-27)25-6-3-13-33-28(25)31)24-9-7-21(8-10-24)19-37-16-14-32-15-17-37;;/h2-13,18,32H,14-17,19H2,1H3,(H2,31,33)(H,34,39);1H3;/q;-1;. The van der Waals surface area contributed by atoms with Crippen LogP contribution in [0, 0.1) is 7.43 Å². The van der Waals surface area contributed by atoms with Crippen LogP contribution in [0.1, 0.15) is 12.5 Å². The summed E-state index contributed by atoms with van der Waals surface area (Å²) in [5.74, 6) is 0.974. The number of carbonyl (C=O) groups is 1. The number of carbonyl (C=O) groups excluding carboxylic acids is 1. The van der Waals surface area contributed by atoms with Crippen molar-refractivity contribution in [3.05, 3.63) is 92.0 Å². The molecule has 10 heteroatoms. The molecule has 4 heterocycles. The van der Waals surface area contributed by atoms with E-state index in [0.29, 0.717) is 17.3 Å². The first-order valence-electron chi connectivity index (χ1n) is 13.1. The van der Waals surface area contributed by atoms with Crippen molar-refractivity contribution in [1.82, 2.24) is 29.7 Å². The van der Waals surface area contributed by atoms with Crippen LogP contribution in [0.2, 0.25) is 0 Å². The van der Waals surface area contributed by atoms with Gasteiger partial charge in [-0.05, 0) is 54.1 Å². The van der Waals surface area contributed by atoms with Gasteiger partial charge in [-0.15, -0.1) is 0 Å². The summed E-state index contributed by atoms with van der Waals surface area (Å²) in [4.78, 5) is 28.3. The Balaban J connectivity index is 0.00000194. The molecule has 0 aliphatic carbocycles. The molecule has 1 amide bonds. The Kier molecular flexibility index (Phi) is 8.36. The van der Waals surface area contributed by atoms with Gasteiger partial charge in [-0.3, -0.25) is 14.3 Å². The van der Waals surface area contributed by atoms with Gasteiger partial charge in [-0.25, -0.2) is 15.0 Å². The molecule has 0 saturated carbocycles. The Morgan fingerprint density at radius 1 is 1.00 bits per heavy atom. The van der Waals surface area contributed by atoms with Crippen molar-refractivity contribution in [2.75, 3.05) is 37.2 Å². The minimum absolute atomic E-state index is 0. The van der Waals surface area contributed by atoms with E-state index in [9.17, 15) is 4.79 Å². The molecule has 0 spiro atoms. The number of nitrogen functional groups attached to an aromatic ring is 1. The van der Waals surface area contributed by atoms with Gasteiger partial charge in [0.15, 0.2) is 11.5 Å². The second kappa shape index (κ2) is 12.1. The zero-order valence-electron chi connectivity index (χ0n) is 23.1. The number of piperazine rings is 1. The second-order valence-electron chi connectivity index (χ2n) is 9.70. The number of nitrogens with zero attached hydrogens (tertiary/aromatic N) is 5. The number of amides is 1. The summed E-state index contributed by atoms with van der Waals surface area (Å²) in [5, 5.41) is 6.25. The second-order valence-corrected chi connectivity index (χ2v) is 9.70. The van der Waals surface area contributed by atoms with Crippen molar-refractivity contribution in [2.24, 2.45) is 0 Å². The molecule has 3 aromatic heterocycles. The number of pyridine rings is 2. The van der Waals surface area contributed by atoms with Crippen molar-refractivity contribution < 1.29 is 4.79 Å². The Labute approximate surface area is 234 Å². The summed E-state index contributed by atoms with van der Waals surface area (Å²) in [6.45, 7) is 6.56. The van der Waals surface area contributed by atoms with Crippen LogP contribution in [0.3, 0.4) is 0 Å². The van der Waals surface area contributed by atoms with E-state index in [1.54, 1.807) is 6.20 Å². The molecule has 0 bridgehead atoms. The Morgan fingerprint density at radius 2 is 1.78 bits per heavy atom. The molecule has 1 saturated heterocycles. The average molecular weight is 791 g/mol. The van der Waals surface area contributed by atoms with Gasteiger partial charge in [0, 0.05) is 62.8 Å². The summed E-state index contributed by atoms with van der Waals surface area (Å²) < 4.78 is 2.04. The third-order valence-corrected chi connectivity index (χ3v) is 6.87. The third kappa shape index (κ3) is 5.88. The smallest absolute Gasteiger partial charge is 0.221 e. The first-order chi connectivity index (χ1) is 19.0. The van der Waals surface area contributed by atoms with Crippen LogP contribution in [0.15, 0.2) is 79.0 Å². The van der Waals surface area contributed by atoms with E-state index in [1.165, 1.54) is 12.5 Å². The summed E-state index contributed by atoms with van der Waals surface area (Å²) in [5.41, 5.74) is 13.1. The fraction of sp³-hybridized carbons (Fsp3) is 0.194. The quantitative estimate of drug-likeness (QED) is 0.217. The molecular weight excluding hydrogens is 757 g/mol. The summed E-state index contributed by atoms with van der Waals surface area (Å²) in [6.07, 6.45) is 1.68. The number of hydrogen-bond donors (Lipinski definition) is 3. The van der Waals surface area contributed by atoms with Gasteiger partial charge in [0.05, 0.1) is 11.3 Å². The van der Waals surface area contributed by atoms with Crippen LogP contribution < -0.4 is 16.4 Å². The van der Waals surface area contributed by atoms with Crippen molar-refractivity contribution in [3.63, 3.8) is 0 Å². The van der Waals surface area contributed by atoms with E-state index >= 15 is 0 Å². The fourth-order valence-corrected chi connectivity index (χ4v) is 4.99. The predicted octanol–water partition coefficient (Wildman–Crippen LogP) is 4.55. The number of anilines is 2.